The Bertz CT molecular complexity index is 1340. The van der Waals surface area contributed by atoms with E-state index in [4.69, 9.17) is 4.74 Å². The normalized spacial score (nSPS) is 21.4. The molecule has 1 aliphatic carbocycles. The van der Waals surface area contributed by atoms with Crippen molar-refractivity contribution in [1.82, 2.24) is 24.4 Å². The molecule has 36 heavy (non-hydrogen) atoms. The first-order valence-electron chi connectivity index (χ1n) is 12.4. The molecular formula is C25H27F3N6O2. The van der Waals surface area contributed by atoms with E-state index in [2.05, 4.69) is 20.4 Å². The summed E-state index contributed by atoms with van der Waals surface area (Å²) in [6.07, 6.45) is 2.80. The van der Waals surface area contributed by atoms with Gasteiger partial charge >= 0.3 is 5.69 Å². The van der Waals surface area contributed by atoms with Crippen molar-refractivity contribution in [2.45, 2.75) is 63.4 Å². The quantitative estimate of drug-likeness (QED) is 0.561. The maximum Gasteiger partial charge on any atom is 0.329 e. The van der Waals surface area contributed by atoms with Crippen LogP contribution in [-0.2, 0) is 11.3 Å². The number of piperidine rings is 1. The molecule has 4 heterocycles. The fourth-order valence-electron chi connectivity index (χ4n) is 5.36. The van der Waals surface area contributed by atoms with E-state index in [0.717, 1.165) is 25.9 Å². The zero-order valence-electron chi connectivity index (χ0n) is 19.6. The van der Waals surface area contributed by atoms with Crippen LogP contribution in [0.25, 0.3) is 11.0 Å². The van der Waals surface area contributed by atoms with Gasteiger partial charge in [0.1, 0.15) is 5.82 Å². The van der Waals surface area contributed by atoms with Crippen LogP contribution in [0.1, 0.15) is 49.4 Å². The number of nitrogens with zero attached hydrogens (tertiary/aromatic N) is 5. The van der Waals surface area contributed by atoms with Gasteiger partial charge in [-0.05, 0) is 56.0 Å². The Hall–Kier alpha value is -3.34. The number of aromatic nitrogens is 3. The van der Waals surface area contributed by atoms with E-state index in [1.54, 1.807) is 27.3 Å². The van der Waals surface area contributed by atoms with Gasteiger partial charge in [-0.25, -0.2) is 18.0 Å². The monoisotopic (exact) mass is 500 g/mol. The molecule has 3 aromatic rings. The van der Waals surface area contributed by atoms with Crippen molar-refractivity contribution in [2.24, 2.45) is 5.10 Å². The van der Waals surface area contributed by atoms with E-state index in [0.29, 0.717) is 28.3 Å². The molecule has 1 unspecified atom stereocenters. The van der Waals surface area contributed by atoms with E-state index < -0.39 is 12.7 Å². The summed E-state index contributed by atoms with van der Waals surface area (Å²) in [7, 11) is 0. The topological polar surface area (TPSA) is 76.7 Å². The standard InChI is InChI=1S/C25H27F3N6O2/c26-16-5-7-20-21(12-16)34(19-8-10-32(11-9-19)18-2-1-3-18)25(35)33(20)14-17-6-4-15(13-29-17)23-30-31-24(36-23)22(27)28/h4-7,12-13,18-19,22,24,31H,1-3,8-11,14H2. The second-order valence-corrected chi connectivity index (χ2v) is 9.68. The molecule has 8 nitrogen and oxygen atoms in total. The zero-order chi connectivity index (χ0) is 24.8. The van der Waals surface area contributed by atoms with Crippen molar-refractivity contribution in [2.75, 3.05) is 13.1 Å². The molecule has 1 saturated heterocycles. The number of fused-ring (bicyclic) bond motifs is 1. The van der Waals surface area contributed by atoms with Gasteiger partial charge in [0.15, 0.2) is 0 Å². The maximum absolute atomic E-state index is 14.2. The van der Waals surface area contributed by atoms with Gasteiger partial charge in [-0.1, -0.05) is 6.42 Å². The van der Waals surface area contributed by atoms with E-state index in [1.807, 2.05) is 0 Å². The molecule has 0 amide bonds. The number of rotatable bonds is 6. The van der Waals surface area contributed by atoms with Crippen molar-refractivity contribution in [1.29, 1.82) is 0 Å². The van der Waals surface area contributed by atoms with Gasteiger partial charge in [-0.3, -0.25) is 19.5 Å². The second-order valence-electron chi connectivity index (χ2n) is 9.68. The average Bonchev–Trinajstić information content (AvgIpc) is 3.43. The number of hydrogen-bond donors (Lipinski definition) is 1. The molecule has 1 atom stereocenters. The second kappa shape index (κ2) is 9.27. The smallest absolute Gasteiger partial charge is 0.329 e. The van der Waals surface area contributed by atoms with Gasteiger partial charge in [0.05, 0.1) is 28.8 Å². The third-order valence-corrected chi connectivity index (χ3v) is 7.53. The van der Waals surface area contributed by atoms with Crippen LogP contribution in [0, 0.1) is 5.82 Å². The van der Waals surface area contributed by atoms with Gasteiger partial charge < -0.3 is 9.64 Å². The summed E-state index contributed by atoms with van der Waals surface area (Å²) in [4.78, 5) is 20.5. The number of halogens is 3. The molecular weight excluding hydrogens is 473 g/mol. The highest BCUT2D eigenvalue weighted by Gasteiger charge is 2.31. The first kappa shape index (κ1) is 23.1. The molecule has 0 spiro atoms. The predicted molar refractivity (Wildman–Crippen MR) is 128 cm³/mol. The van der Waals surface area contributed by atoms with Crippen molar-refractivity contribution in [3.8, 4) is 0 Å². The SMILES string of the molecule is O=c1n(Cc2ccc(C3=NNC(C(F)F)O3)cn2)c2ccc(F)cc2n1C1CCN(C2CCC2)CC1. The van der Waals surface area contributed by atoms with Crippen molar-refractivity contribution in [3.05, 3.63) is 64.1 Å². The summed E-state index contributed by atoms with van der Waals surface area (Å²) in [6.45, 7) is 2.08. The summed E-state index contributed by atoms with van der Waals surface area (Å²) < 4.78 is 48.3. The van der Waals surface area contributed by atoms with Gasteiger partial charge in [0.25, 0.3) is 6.43 Å². The van der Waals surface area contributed by atoms with Crippen LogP contribution in [-0.4, -0.2) is 56.7 Å². The summed E-state index contributed by atoms with van der Waals surface area (Å²) in [5, 5.41) is 3.79. The third-order valence-electron chi connectivity index (χ3n) is 7.53. The summed E-state index contributed by atoms with van der Waals surface area (Å²) in [5.74, 6) is -0.340. The van der Waals surface area contributed by atoms with Crippen molar-refractivity contribution < 1.29 is 17.9 Å². The molecule has 2 aromatic heterocycles. The number of imidazole rings is 1. The van der Waals surface area contributed by atoms with Crippen LogP contribution in [0.2, 0.25) is 0 Å². The van der Waals surface area contributed by atoms with E-state index in [9.17, 15) is 18.0 Å². The molecule has 1 saturated carbocycles. The van der Waals surface area contributed by atoms with Crippen LogP contribution >= 0.6 is 0 Å². The Balaban J connectivity index is 1.25. The minimum atomic E-state index is -2.71. The van der Waals surface area contributed by atoms with Crippen LogP contribution in [0.3, 0.4) is 0 Å². The molecule has 2 aliphatic heterocycles. The van der Waals surface area contributed by atoms with Crippen LogP contribution in [0.5, 0.6) is 0 Å². The first-order chi connectivity index (χ1) is 17.5. The van der Waals surface area contributed by atoms with Gasteiger partial charge in [0.2, 0.25) is 12.1 Å². The highest BCUT2D eigenvalue weighted by atomic mass is 19.3. The lowest BCUT2D eigenvalue weighted by atomic mass is 9.89. The molecule has 6 rings (SSSR count). The predicted octanol–water partition coefficient (Wildman–Crippen LogP) is 3.45. The van der Waals surface area contributed by atoms with Crippen LogP contribution < -0.4 is 11.1 Å². The summed E-state index contributed by atoms with van der Waals surface area (Å²) in [6, 6.07) is 8.49. The number of likely N-dealkylation sites (tertiary alicyclic amines) is 1. The highest BCUT2D eigenvalue weighted by Crippen LogP contribution is 2.32. The molecule has 3 aliphatic rings. The van der Waals surface area contributed by atoms with E-state index >= 15 is 0 Å². The Morgan fingerprint density at radius 2 is 1.86 bits per heavy atom. The molecule has 190 valence electrons. The number of pyridine rings is 1. The zero-order valence-corrected chi connectivity index (χ0v) is 19.6. The Labute approximate surface area is 205 Å². The Kier molecular flexibility index (Phi) is 5.94. The third kappa shape index (κ3) is 4.15. The summed E-state index contributed by atoms with van der Waals surface area (Å²) in [5.41, 5.74) is 4.36. The largest absolute Gasteiger partial charge is 0.444 e. The number of nitrogens with one attached hydrogen (secondary N) is 1. The Morgan fingerprint density at radius 3 is 2.50 bits per heavy atom. The number of hydrogen-bond acceptors (Lipinski definition) is 6. The van der Waals surface area contributed by atoms with Crippen LogP contribution in [0.4, 0.5) is 13.2 Å². The molecule has 0 bridgehead atoms. The molecule has 11 heteroatoms. The van der Waals surface area contributed by atoms with Gasteiger partial charge in [-0.15, -0.1) is 5.10 Å². The van der Waals surface area contributed by atoms with Gasteiger partial charge in [-0.2, -0.15) is 0 Å². The molecule has 2 fully saturated rings. The fourth-order valence-corrected chi connectivity index (χ4v) is 5.36. The highest BCUT2D eigenvalue weighted by molar-refractivity contribution is 5.94. The number of alkyl halides is 2. The lowest BCUT2D eigenvalue weighted by molar-refractivity contribution is 0.000580. The number of ether oxygens (including phenoxy) is 1. The first-order valence-corrected chi connectivity index (χ1v) is 12.4. The average molecular weight is 501 g/mol. The lowest BCUT2D eigenvalue weighted by Gasteiger charge is -2.42. The molecule has 0 radical (unpaired) electrons. The van der Waals surface area contributed by atoms with Gasteiger partial charge in [0, 0.05) is 31.4 Å². The Morgan fingerprint density at radius 1 is 1.06 bits per heavy atom. The minimum Gasteiger partial charge on any atom is -0.444 e. The fraction of sp³-hybridized carbons (Fsp3) is 0.480. The number of benzene rings is 1. The van der Waals surface area contributed by atoms with Crippen molar-refractivity contribution >= 4 is 16.9 Å². The van der Waals surface area contributed by atoms with Crippen molar-refractivity contribution in [3.63, 3.8) is 0 Å². The maximum atomic E-state index is 14.2. The molecule has 1 aromatic carbocycles. The molecule has 1 N–H and O–H groups in total. The van der Waals surface area contributed by atoms with E-state index in [1.165, 1.54) is 37.6 Å². The van der Waals surface area contributed by atoms with Crippen LogP contribution in [0.15, 0.2) is 46.4 Å². The summed E-state index contributed by atoms with van der Waals surface area (Å²) >= 11 is 0. The minimum absolute atomic E-state index is 0.0162. The lowest BCUT2D eigenvalue weighted by Crippen LogP contribution is -2.46. The number of hydrazone groups is 1. The van der Waals surface area contributed by atoms with E-state index in [-0.39, 0.29) is 30.0 Å².